The summed E-state index contributed by atoms with van der Waals surface area (Å²) in [5, 5.41) is 11.8. The number of hydrogen-bond acceptors (Lipinski definition) is 3. The van der Waals surface area contributed by atoms with Crippen molar-refractivity contribution < 1.29 is 23.1 Å². The molecule has 0 radical (unpaired) electrons. The second kappa shape index (κ2) is 6.17. The van der Waals surface area contributed by atoms with Crippen molar-refractivity contribution in [2.45, 2.75) is 37.6 Å². The Morgan fingerprint density at radius 2 is 1.68 bits per heavy atom. The third-order valence-corrected chi connectivity index (χ3v) is 6.10. The fourth-order valence-corrected chi connectivity index (χ4v) is 4.71. The summed E-state index contributed by atoms with van der Waals surface area (Å²) in [6.07, 6.45) is -4.85. The summed E-state index contributed by atoms with van der Waals surface area (Å²) in [5.41, 5.74) is -3.37. The smallest absolute Gasteiger partial charge is 0.368 e. The highest BCUT2D eigenvalue weighted by atomic mass is 19.4. The Bertz CT molecular complexity index is 1280. The van der Waals surface area contributed by atoms with Gasteiger partial charge in [-0.3, -0.25) is 4.79 Å². The molecule has 0 saturated carbocycles. The van der Waals surface area contributed by atoms with E-state index in [1.54, 1.807) is 56.3 Å². The summed E-state index contributed by atoms with van der Waals surface area (Å²) < 4.78 is 43.1. The minimum atomic E-state index is -5.22. The van der Waals surface area contributed by atoms with Crippen LogP contribution >= 0.6 is 0 Å². The number of nitrogens with zero attached hydrogens (tertiary/aromatic N) is 2. The number of hydrogen-bond donors (Lipinski definition) is 1. The Kier molecular flexibility index (Phi) is 3.93. The second-order valence-corrected chi connectivity index (χ2v) is 8.61. The van der Waals surface area contributed by atoms with E-state index in [4.69, 9.17) is 0 Å². The van der Waals surface area contributed by atoms with Gasteiger partial charge in [0.2, 0.25) is 0 Å². The zero-order valence-electron chi connectivity index (χ0n) is 16.9. The van der Waals surface area contributed by atoms with Crippen molar-refractivity contribution in [1.82, 2.24) is 9.88 Å². The molecule has 0 fully saturated rings. The number of carbonyl (C=O) groups is 1. The summed E-state index contributed by atoms with van der Waals surface area (Å²) in [6, 6.07) is 17.1. The molecule has 5 rings (SSSR count). The molecule has 7 heteroatoms. The zero-order valence-corrected chi connectivity index (χ0v) is 16.9. The first-order valence-corrected chi connectivity index (χ1v) is 9.89. The second-order valence-electron chi connectivity index (χ2n) is 8.61. The Hall–Kier alpha value is -3.19. The maximum Gasteiger partial charge on any atom is 0.430 e. The highest BCUT2D eigenvalue weighted by Crippen LogP contribution is 2.55. The molecule has 0 saturated heterocycles. The van der Waals surface area contributed by atoms with Crippen LogP contribution in [0.1, 0.15) is 30.7 Å². The average molecular weight is 424 g/mol. The number of aromatic nitrogens is 1. The molecule has 2 aliphatic heterocycles. The van der Waals surface area contributed by atoms with E-state index in [0.29, 0.717) is 17.5 Å². The molecule has 2 aromatic carbocycles. The van der Waals surface area contributed by atoms with Crippen molar-refractivity contribution in [3.05, 3.63) is 77.5 Å². The van der Waals surface area contributed by atoms with E-state index in [-0.39, 0.29) is 11.4 Å². The van der Waals surface area contributed by atoms with Crippen molar-refractivity contribution in [1.29, 1.82) is 0 Å². The SMILES string of the molecule is CC1(C)Cc2ccccc2C2=C(c3ccc4ccccc4n3)[C@](O)(C(F)(F)F)C(=O)N21. The van der Waals surface area contributed by atoms with Crippen molar-refractivity contribution >= 4 is 28.1 Å². The fourth-order valence-electron chi connectivity index (χ4n) is 4.71. The van der Waals surface area contributed by atoms with Crippen molar-refractivity contribution in [2.24, 2.45) is 0 Å². The molecule has 1 atom stereocenters. The lowest BCUT2D eigenvalue weighted by molar-refractivity contribution is -0.232. The van der Waals surface area contributed by atoms with Gasteiger partial charge in [-0.2, -0.15) is 13.2 Å². The van der Waals surface area contributed by atoms with Crippen molar-refractivity contribution in [3.8, 4) is 0 Å². The van der Waals surface area contributed by atoms with E-state index in [0.717, 1.165) is 15.8 Å². The number of alkyl halides is 3. The van der Waals surface area contributed by atoms with Crippen LogP contribution in [0.5, 0.6) is 0 Å². The molecule has 158 valence electrons. The number of pyridine rings is 1. The van der Waals surface area contributed by atoms with Gasteiger partial charge in [-0.1, -0.05) is 48.5 Å². The largest absolute Gasteiger partial charge is 0.430 e. The van der Waals surface area contributed by atoms with Gasteiger partial charge in [0.05, 0.1) is 22.5 Å². The number of amides is 1. The van der Waals surface area contributed by atoms with Crippen LogP contribution < -0.4 is 0 Å². The van der Waals surface area contributed by atoms with Crippen molar-refractivity contribution in [3.63, 3.8) is 0 Å². The molecule has 1 aromatic heterocycles. The van der Waals surface area contributed by atoms with Gasteiger partial charge in [0.25, 0.3) is 11.5 Å². The first kappa shape index (κ1) is 19.8. The summed E-state index contributed by atoms with van der Waals surface area (Å²) in [7, 11) is 0. The van der Waals surface area contributed by atoms with Crippen LogP contribution in [0.2, 0.25) is 0 Å². The fraction of sp³-hybridized carbons (Fsp3) is 0.250. The summed E-state index contributed by atoms with van der Waals surface area (Å²) in [6.45, 7) is 3.41. The number of carbonyl (C=O) groups excluding carboxylic acids is 1. The lowest BCUT2D eigenvalue weighted by atomic mass is 9.83. The average Bonchev–Trinajstić information content (AvgIpc) is 2.97. The van der Waals surface area contributed by atoms with Crippen LogP contribution in [-0.4, -0.2) is 38.2 Å². The highest BCUT2D eigenvalue weighted by Gasteiger charge is 2.70. The van der Waals surface area contributed by atoms with E-state index >= 15 is 0 Å². The molecule has 0 unspecified atom stereocenters. The van der Waals surface area contributed by atoms with E-state index < -0.39 is 28.8 Å². The van der Waals surface area contributed by atoms with Crippen molar-refractivity contribution in [2.75, 3.05) is 0 Å². The molecule has 0 aliphatic carbocycles. The summed E-state index contributed by atoms with van der Waals surface area (Å²) in [4.78, 5) is 18.8. The first-order chi connectivity index (χ1) is 14.6. The monoisotopic (exact) mass is 424 g/mol. The van der Waals surface area contributed by atoms with E-state index in [1.807, 2.05) is 12.1 Å². The van der Waals surface area contributed by atoms with Crippen LogP contribution in [0, 0.1) is 0 Å². The van der Waals surface area contributed by atoms with Crippen LogP contribution in [0.15, 0.2) is 60.7 Å². The molecular formula is C24H19F3N2O2. The molecule has 3 heterocycles. The predicted octanol–water partition coefficient (Wildman–Crippen LogP) is 4.57. The van der Waals surface area contributed by atoms with Gasteiger partial charge in [-0.15, -0.1) is 0 Å². The number of para-hydroxylation sites is 1. The number of rotatable bonds is 1. The third-order valence-electron chi connectivity index (χ3n) is 6.10. The maximum atomic E-state index is 14.4. The zero-order chi connectivity index (χ0) is 22.2. The Labute approximate surface area is 176 Å². The molecule has 1 amide bonds. The van der Waals surface area contributed by atoms with E-state index in [9.17, 15) is 23.1 Å². The Morgan fingerprint density at radius 1 is 1.00 bits per heavy atom. The predicted molar refractivity (Wildman–Crippen MR) is 111 cm³/mol. The minimum absolute atomic E-state index is 0.0689. The third kappa shape index (κ3) is 2.59. The number of benzene rings is 2. The van der Waals surface area contributed by atoms with E-state index in [1.165, 1.54) is 6.07 Å². The molecule has 1 N–H and O–H groups in total. The van der Waals surface area contributed by atoms with Gasteiger partial charge in [0, 0.05) is 16.5 Å². The topological polar surface area (TPSA) is 53.4 Å². The molecular weight excluding hydrogens is 405 g/mol. The van der Waals surface area contributed by atoms with E-state index in [2.05, 4.69) is 4.98 Å². The van der Waals surface area contributed by atoms with Crippen LogP contribution in [0.4, 0.5) is 13.2 Å². The lowest BCUT2D eigenvalue weighted by Crippen LogP contribution is -2.58. The van der Waals surface area contributed by atoms with Gasteiger partial charge in [-0.05, 0) is 38.0 Å². The Morgan fingerprint density at radius 3 is 2.42 bits per heavy atom. The summed E-state index contributed by atoms with van der Waals surface area (Å²) in [5.74, 6) is -1.39. The number of halogens is 3. The van der Waals surface area contributed by atoms with Crippen LogP contribution in [0.25, 0.3) is 22.2 Å². The number of aliphatic hydroxyl groups is 1. The molecule has 0 bridgehead atoms. The van der Waals surface area contributed by atoms with Gasteiger partial charge in [-0.25, -0.2) is 4.98 Å². The standard InChI is InChI=1S/C24H19F3N2O2/c1-22(2)13-15-8-3-5-9-16(15)20-19(23(31,24(25,26)27)21(30)29(20)22)18-12-11-14-7-4-6-10-17(14)28-18/h3-12,31H,13H2,1-2H3/t23-/m1/s1. The molecule has 0 spiro atoms. The lowest BCUT2D eigenvalue weighted by Gasteiger charge is -2.43. The Balaban J connectivity index is 1.91. The molecule has 3 aromatic rings. The quantitative estimate of drug-likeness (QED) is 0.623. The van der Waals surface area contributed by atoms with Gasteiger partial charge in [0.1, 0.15) is 0 Å². The van der Waals surface area contributed by atoms with Gasteiger partial charge >= 0.3 is 6.18 Å². The van der Waals surface area contributed by atoms with Crippen LogP contribution in [-0.2, 0) is 11.2 Å². The summed E-state index contributed by atoms with van der Waals surface area (Å²) >= 11 is 0. The molecule has 31 heavy (non-hydrogen) atoms. The van der Waals surface area contributed by atoms with Crippen LogP contribution in [0.3, 0.4) is 0 Å². The molecule has 4 nitrogen and oxygen atoms in total. The normalized spacial score (nSPS) is 22.6. The maximum absolute atomic E-state index is 14.4. The number of fused-ring (bicyclic) bond motifs is 4. The molecule has 2 aliphatic rings. The van der Waals surface area contributed by atoms with Gasteiger partial charge < -0.3 is 10.0 Å². The highest BCUT2D eigenvalue weighted by molar-refractivity contribution is 6.18. The minimum Gasteiger partial charge on any atom is -0.368 e. The first-order valence-electron chi connectivity index (χ1n) is 9.89. The van der Waals surface area contributed by atoms with Gasteiger partial charge in [0.15, 0.2) is 0 Å².